The molecule has 0 aliphatic rings. The Bertz CT molecular complexity index is 1590. The third kappa shape index (κ3) is 8.84. The first kappa shape index (κ1) is 32.1. The Morgan fingerprint density at radius 2 is 0.523 bits per heavy atom. The Morgan fingerprint density at radius 1 is 0.273 bits per heavy atom. The van der Waals surface area contributed by atoms with Crippen LogP contribution in [-0.2, 0) is 0 Å². The summed E-state index contributed by atoms with van der Waals surface area (Å²) >= 11 is 0. The minimum absolute atomic E-state index is 0.308. The van der Waals surface area contributed by atoms with Gasteiger partial charge in [0.25, 0.3) is 0 Å². The topological polar surface area (TPSA) is 0 Å². The molecule has 2 heteroatoms. The lowest BCUT2D eigenvalue weighted by atomic mass is 10.0. The van der Waals surface area contributed by atoms with Gasteiger partial charge in [-0.1, -0.05) is 161 Å². The maximum atomic E-state index is 13.7. The summed E-state index contributed by atoms with van der Waals surface area (Å²) in [5.74, 6) is -1.54. The van der Waals surface area contributed by atoms with Crippen molar-refractivity contribution in [1.82, 2.24) is 0 Å². The lowest BCUT2D eigenvalue weighted by molar-refractivity contribution is 0.505. The molecule has 0 bridgehead atoms. The zero-order chi connectivity index (χ0) is 31.6. The Hall–Kier alpha value is -4.82. The highest BCUT2D eigenvalue weighted by atomic mass is 19.2. The lowest BCUT2D eigenvalue weighted by Crippen LogP contribution is -1.92. The van der Waals surface area contributed by atoms with Crippen LogP contribution in [0.5, 0.6) is 0 Å². The highest BCUT2D eigenvalue weighted by molar-refractivity contribution is 5.66. The van der Waals surface area contributed by atoms with E-state index in [1.165, 1.54) is 44.5 Å². The summed E-state index contributed by atoms with van der Waals surface area (Å²) in [6.45, 7) is 11.9. The zero-order valence-corrected chi connectivity index (χ0v) is 26.5. The van der Waals surface area contributed by atoms with E-state index < -0.39 is 11.6 Å². The standard InChI is InChI=1S/C14H12F2.2C14H14/c1-9-3-6-11(7-4-9)12-8-5-10(2)13(15)14(12)16;2*1-11-3-7-13(8-4-11)14-9-5-12(2)6-10-14/h3-8H,1-2H3;2*3-10H,1-2H3. The number of aryl methyl sites for hydroxylation is 6. The van der Waals surface area contributed by atoms with Gasteiger partial charge in [-0.05, 0) is 74.9 Å². The van der Waals surface area contributed by atoms with E-state index in [-0.39, 0.29) is 0 Å². The van der Waals surface area contributed by atoms with Gasteiger partial charge in [-0.2, -0.15) is 0 Å². The van der Waals surface area contributed by atoms with E-state index in [2.05, 4.69) is 125 Å². The molecule has 0 radical (unpaired) electrons. The molecule has 44 heavy (non-hydrogen) atoms. The van der Waals surface area contributed by atoms with E-state index in [1.54, 1.807) is 31.2 Å². The lowest BCUT2D eigenvalue weighted by Gasteiger charge is -2.06. The summed E-state index contributed by atoms with van der Waals surface area (Å²) < 4.78 is 27.1. The number of rotatable bonds is 3. The SMILES string of the molecule is Cc1ccc(-c2ccc(C)c(F)c2F)cc1.Cc1ccc(-c2ccc(C)cc2)cc1.Cc1ccc(-c2ccc(C)cc2)cc1. The minimum Gasteiger partial charge on any atom is -0.203 e. The van der Waals surface area contributed by atoms with E-state index in [0.717, 1.165) is 5.56 Å². The second-order valence-electron chi connectivity index (χ2n) is 11.4. The van der Waals surface area contributed by atoms with Crippen LogP contribution in [0, 0.1) is 53.2 Å². The van der Waals surface area contributed by atoms with Gasteiger partial charge in [0.2, 0.25) is 0 Å². The third-order valence-electron chi connectivity index (χ3n) is 7.51. The van der Waals surface area contributed by atoms with Crippen LogP contribution < -0.4 is 0 Å². The molecule has 0 unspecified atom stereocenters. The van der Waals surface area contributed by atoms with Crippen molar-refractivity contribution in [2.24, 2.45) is 0 Å². The minimum atomic E-state index is -0.774. The van der Waals surface area contributed by atoms with Crippen LogP contribution in [0.1, 0.15) is 33.4 Å². The largest absolute Gasteiger partial charge is 0.203 e. The molecule has 0 nitrogen and oxygen atoms in total. The molecule has 6 aromatic rings. The summed E-state index contributed by atoms with van der Waals surface area (Å²) in [6.07, 6.45) is 0. The molecule has 0 atom stereocenters. The van der Waals surface area contributed by atoms with Crippen LogP contribution >= 0.6 is 0 Å². The summed E-state index contributed by atoms with van der Waals surface area (Å²) in [4.78, 5) is 0. The molecule has 6 rings (SSSR count). The summed E-state index contributed by atoms with van der Waals surface area (Å²) in [6, 6.07) is 45.1. The average molecular weight is 583 g/mol. The number of benzene rings is 6. The first-order chi connectivity index (χ1) is 21.1. The quantitative estimate of drug-likeness (QED) is 0.195. The Labute approximate surface area is 261 Å². The fraction of sp³-hybridized carbons (Fsp3) is 0.143. The molecular formula is C42H40F2. The highest BCUT2D eigenvalue weighted by Crippen LogP contribution is 2.26. The maximum Gasteiger partial charge on any atom is 0.166 e. The van der Waals surface area contributed by atoms with Gasteiger partial charge >= 0.3 is 0 Å². The molecule has 0 aromatic heterocycles. The fourth-order valence-electron chi connectivity index (χ4n) is 4.59. The van der Waals surface area contributed by atoms with Crippen molar-refractivity contribution in [3.63, 3.8) is 0 Å². The monoisotopic (exact) mass is 582 g/mol. The highest BCUT2D eigenvalue weighted by Gasteiger charge is 2.12. The first-order valence-electron chi connectivity index (χ1n) is 14.9. The van der Waals surface area contributed by atoms with Crippen molar-refractivity contribution in [3.8, 4) is 33.4 Å². The van der Waals surface area contributed by atoms with E-state index >= 15 is 0 Å². The van der Waals surface area contributed by atoms with Gasteiger partial charge in [0.05, 0.1) is 0 Å². The number of halogens is 2. The molecule has 0 fully saturated rings. The van der Waals surface area contributed by atoms with Gasteiger partial charge < -0.3 is 0 Å². The molecule has 0 N–H and O–H groups in total. The number of hydrogen-bond donors (Lipinski definition) is 0. The average Bonchev–Trinajstić information content (AvgIpc) is 3.03. The summed E-state index contributed by atoms with van der Waals surface area (Å²) in [5, 5.41) is 0. The molecule has 0 saturated heterocycles. The van der Waals surface area contributed by atoms with Crippen LogP contribution in [0.25, 0.3) is 33.4 Å². The number of hydrogen-bond acceptors (Lipinski definition) is 0. The molecule has 0 spiro atoms. The van der Waals surface area contributed by atoms with E-state index in [0.29, 0.717) is 16.7 Å². The van der Waals surface area contributed by atoms with Crippen molar-refractivity contribution >= 4 is 0 Å². The fourth-order valence-corrected chi connectivity index (χ4v) is 4.59. The maximum absolute atomic E-state index is 13.7. The van der Waals surface area contributed by atoms with E-state index in [4.69, 9.17) is 0 Å². The van der Waals surface area contributed by atoms with Gasteiger partial charge in [-0.3, -0.25) is 0 Å². The van der Waals surface area contributed by atoms with Crippen LogP contribution in [0.15, 0.2) is 133 Å². The summed E-state index contributed by atoms with van der Waals surface area (Å²) in [5.41, 5.74) is 12.8. The molecule has 0 aliphatic carbocycles. The Kier molecular flexibility index (Phi) is 11.0. The van der Waals surface area contributed by atoms with Gasteiger partial charge in [-0.15, -0.1) is 0 Å². The molecule has 0 saturated carbocycles. The third-order valence-corrected chi connectivity index (χ3v) is 7.51. The molecule has 6 aromatic carbocycles. The zero-order valence-electron chi connectivity index (χ0n) is 26.5. The van der Waals surface area contributed by atoms with Gasteiger partial charge in [0.15, 0.2) is 11.6 Å². The van der Waals surface area contributed by atoms with Crippen molar-refractivity contribution in [3.05, 3.63) is 178 Å². The molecule has 0 aliphatic heterocycles. The van der Waals surface area contributed by atoms with E-state index in [9.17, 15) is 8.78 Å². The second kappa shape index (κ2) is 15.1. The van der Waals surface area contributed by atoms with Crippen LogP contribution in [0.3, 0.4) is 0 Å². The summed E-state index contributed by atoms with van der Waals surface area (Å²) in [7, 11) is 0. The van der Waals surface area contributed by atoms with Crippen LogP contribution in [0.2, 0.25) is 0 Å². The smallest absolute Gasteiger partial charge is 0.166 e. The van der Waals surface area contributed by atoms with E-state index in [1.807, 2.05) is 19.1 Å². The van der Waals surface area contributed by atoms with Crippen LogP contribution in [-0.4, -0.2) is 0 Å². The molecule has 0 heterocycles. The first-order valence-corrected chi connectivity index (χ1v) is 14.9. The van der Waals surface area contributed by atoms with Crippen molar-refractivity contribution in [2.45, 2.75) is 41.5 Å². The normalized spacial score (nSPS) is 10.3. The van der Waals surface area contributed by atoms with Crippen molar-refractivity contribution in [1.29, 1.82) is 0 Å². The predicted octanol–water partition coefficient (Wildman–Crippen LogP) is 12.2. The molecular weight excluding hydrogens is 542 g/mol. The predicted molar refractivity (Wildman–Crippen MR) is 184 cm³/mol. The van der Waals surface area contributed by atoms with Gasteiger partial charge in [0.1, 0.15) is 0 Å². The van der Waals surface area contributed by atoms with Crippen molar-refractivity contribution < 1.29 is 8.78 Å². The van der Waals surface area contributed by atoms with Gasteiger partial charge in [-0.25, -0.2) is 8.78 Å². The second-order valence-corrected chi connectivity index (χ2v) is 11.4. The Morgan fingerprint density at radius 3 is 0.795 bits per heavy atom. The van der Waals surface area contributed by atoms with Crippen LogP contribution in [0.4, 0.5) is 8.78 Å². The molecule has 222 valence electrons. The Balaban J connectivity index is 0.000000151. The van der Waals surface area contributed by atoms with Gasteiger partial charge in [0, 0.05) is 5.56 Å². The van der Waals surface area contributed by atoms with Crippen molar-refractivity contribution in [2.75, 3.05) is 0 Å². The molecule has 0 amide bonds.